The van der Waals surface area contributed by atoms with Crippen LogP contribution in [-0.2, 0) is 10.0 Å². The van der Waals surface area contributed by atoms with Crippen molar-refractivity contribution in [2.24, 2.45) is 0 Å². The van der Waals surface area contributed by atoms with Crippen LogP contribution >= 0.6 is 0 Å². The molecule has 1 N–H and O–H groups in total. The summed E-state index contributed by atoms with van der Waals surface area (Å²) in [5, 5.41) is 10.6. The number of hydrogen-bond acceptors (Lipinski definition) is 3. The fourth-order valence-corrected chi connectivity index (χ4v) is 3.11. The van der Waals surface area contributed by atoms with Gasteiger partial charge in [0.2, 0.25) is 10.0 Å². The molecule has 0 aliphatic carbocycles. The Morgan fingerprint density at radius 2 is 2.00 bits per heavy atom. The number of aliphatic hydroxyl groups is 1. The van der Waals surface area contributed by atoms with Crippen LogP contribution in [0.4, 0.5) is 0 Å². The van der Waals surface area contributed by atoms with Crippen molar-refractivity contribution in [3.8, 4) is 0 Å². The van der Waals surface area contributed by atoms with Gasteiger partial charge in [0.1, 0.15) is 0 Å². The third-order valence-electron chi connectivity index (χ3n) is 3.00. The number of β-amino-alcohol motifs (C(OH)–C–C–N with tert-alkyl or cyclic N) is 1. The summed E-state index contributed by atoms with van der Waals surface area (Å²) in [6, 6.07) is 7.62. The predicted molar refractivity (Wildman–Crippen MR) is 71.3 cm³/mol. The normalized spacial score (nSPS) is 21.8. The molecule has 0 radical (unpaired) electrons. The Morgan fingerprint density at radius 3 is 2.56 bits per heavy atom. The lowest BCUT2D eigenvalue weighted by molar-refractivity contribution is 0.189. The Kier molecular flexibility index (Phi) is 3.85. The van der Waals surface area contributed by atoms with E-state index in [1.165, 1.54) is 9.71 Å². The van der Waals surface area contributed by atoms with E-state index in [4.69, 9.17) is 0 Å². The van der Waals surface area contributed by atoms with Crippen LogP contribution in [0.1, 0.15) is 17.5 Å². The second-order valence-corrected chi connectivity index (χ2v) is 6.38. The van der Waals surface area contributed by atoms with E-state index < -0.39 is 16.1 Å². The SMILES string of the molecule is Cc1ccc(/C=C/S(=O)(=O)N2CC[C@H](O)C2)cc1. The summed E-state index contributed by atoms with van der Waals surface area (Å²) in [7, 11) is -3.41. The Labute approximate surface area is 108 Å². The van der Waals surface area contributed by atoms with Crippen molar-refractivity contribution >= 4 is 16.1 Å². The van der Waals surface area contributed by atoms with Crippen molar-refractivity contribution in [3.05, 3.63) is 40.8 Å². The second-order valence-electron chi connectivity index (χ2n) is 4.56. The van der Waals surface area contributed by atoms with Gasteiger partial charge in [0.05, 0.1) is 6.10 Å². The molecule has 1 aromatic carbocycles. The summed E-state index contributed by atoms with van der Waals surface area (Å²) in [6.07, 6.45) is 1.56. The van der Waals surface area contributed by atoms with Crippen LogP contribution in [-0.4, -0.2) is 37.0 Å². The largest absolute Gasteiger partial charge is 0.392 e. The van der Waals surface area contributed by atoms with E-state index in [1.807, 2.05) is 31.2 Å². The van der Waals surface area contributed by atoms with E-state index in [-0.39, 0.29) is 6.54 Å². The summed E-state index contributed by atoms with van der Waals surface area (Å²) in [5.41, 5.74) is 1.99. The van der Waals surface area contributed by atoms with Gasteiger partial charge < -0.3 is 5.11 Å². The molecule has 1 saturated heterocycles. The molecule has 1 heterocycles. The highest BCUT2D eigenvalue weighted by Gasteiger charge is 2.28. The number of aliphatic hydroxyl groups excluding tert-OH is 1. The number of hydrogen-bond donors (Lipinski definition) is 1. The van der Waals surface area contributed by atoms with Gasteiger partial charge >= 0.3 is 0 Å². The lowest BCUT2D eigenvalue weighted by Crippen LogP contribution is -2.27. The van der Waals surface area contributed by atoms with Crippen molar-refractivity contribution in [1.82, 2.24) is 4.31 Å². The van der Waals surface area contributed by atoms with Gasteiger partial charge in [0.15, 0.2) is 0 Å². The van der Waals surface area contributed by atoms with Crippen molar-refractivity contribution in [1.29, 1.82) is 0 Å². The maximum Gasteiger partial charge on any atom is 0.236 e. The highest BCUT2D eigenvalue weighted by atomic mass is 32.2. The van der Waals surface area contributed by atoms with Gasteiger partial charge in [-0.25, -0.2) is 8.42 Å². The number of sulfonamides is 1. The Hall–Kier alpha value is -1.17. The number of aryl methyl sites for hydroxylation is 1. The van der Waals surface area contributed by atoms with Gasteiger partial charge in [-0.05, 0) is 25.0 Å². The predicted octanol–water partition coefficient (Wildman–Crippen LogP) is 1.36. The Morgan fingerprint density at radius 1 is 1.33 bits per heavy atom. The third kappa shape index (κ3) is 3.19. The quantitative estimate of drug-likeness (QED) is 0.899. The summed E-state index contributed by atoms with van der Waals surface area (Å²) < 4.78 is 25.2. The molecule has 0 amide bonds. The number of benzene rings is 1. The van der Waals surface area contributed by atoms with Gasteiger partial charge in [-0.2, -0.15) is 4.31 Å². The molecule has 0 spiro atoms. The zero-order valence-corrected chi connectivity index (χ0v) is 11.1. The maximum atomic E-state index is 11.9. The fourth-order valence-electron chi connectivity index (χ4n) is 1.87. The summed E-state index contributed by atoms with van der Waals surface area (Å²) in [5.74, 6) is 0. The first-order chi connectivity index (χ1) is 8.47. The molecular weight excluding hydrogens is 250 g/mol. The summed E-state index contributed by atoms with van der Waals surface area (Å²) in [4.78, 5) is 0. The maximum absolute atomic E-state index is 11.9. The molecule has 98 valence electrons. The van der Waals surface area contributed by atoms with E-state index in [0.29, 0.717) is 13.0 Å². The van der Waals surface area contributed by atoms with Crippen molar-refractivity contribution in [3.63, 3.8) is 0 Å². The van der Waals surface area contributed by atoms with E-state index in [0.717, 1.165) is 11.1 Å². The molecule has 1 fully saturated rings. The van der Waals surface area contributed by atoms with Crippen LogP contribution in [0.25, 0.3) is 6.08 Å². The minimum atomic E-state index is -3.41. The Balaban J connectivity index is 2.10. The molecule has 2 rings (SSSR count). The van der Waals surface area contributed by atoms with Crippen LogP contribution in [0.3, 0.4) is 0 Å². The van der Waals surface area contributed by atoms with Crippen molar-refractivity contribution < 1.29 is 13.5 Å². The minimum absolute atomic E-state index is 0.195. The zero-order valence-electron chi connectivity index (χ0n) is 10.3. The van der Waals surface area contributed by atoms with Gasteiger partial charge in [-0.1, -0.05) is 29.8 Å². The average molecular weight is 267 g/mol. The van der Waals surface area contributed by atoms with Crippen molar-refractivity contribution in [2.75, 3.05) is 13.1 Å². The fraction of sp³-hybridized carbons (Fsp3) is 0.385. The highest BCUT2D eigenvalue weighted by molar-refractivity contribution is 7.92. The topological polar surface area (TPSA) is 57.6 Å². The van der Waals surface area contributed by atoms with E-state index in [2.05, 4.69) is 0 Å². The lowest BCUT2D eigenvalue weighted by atomic mass is 10.2. The van der Waals surface area contributed by atoms with Crippen LogP contribution in [0, 0.1) is 6.92 Å². The highest BCUT2D eigenvalue weighted by Crippen LogP contribution is 2.16. The first-order valence-electron chi connectivity index (χ1n) is 5.90. The zero-order chi connectivity index (χ0) is 13.2. The molecule has 1 atom stereocenters. The molecule has 1 aliphatic heterocycles. The van der Waals surface area contributed by atoms with E-state index in [9.17, 15) is 13.5 Å². The summed E-state index contributed by atoms with van der Waals surface area (Å²) >= 11 is 0. The lowest BCUT2D eigenvalue weighted by Gasteiger charge is -2.11. The molecule has 5 heteroatoms. The summed E-state index contributed by atoms with van der Waals surface area (Å²) in [6.45, 7) is 2.57. The second kappa shape index (κ2) is 5.22. The number of rotatable bonds is 3. The van der Waals surface area contributed by atoms with E-state index in [1.54, 1.807) is 6.08 Å². The molecule has 0 bridgehead atoms. The van der Waals surface area contributed by atoms with Gasteiger partial charge in [0, 0.05) is 18.5 Å². The molecule has 0 unspecified atom stereocenters. The van der Waals surface area contributed by atoms with Gasteiger partial charge in [-0.3, -0.25) is 0 Å². The Bertz CT molecular complexity index is 534. The van der Waals surface area contributed by atoms with Crippen LogP contribution < -0.4 is 0 Å². The first kappa shape index (κ1) is 13.3. The standard InChI is InChI=1S/C13H17NO3S/c1-11-2-4-12(5-3-11)7-9-18(16,17)14-8-6-13(15)10-14/h2-5,7,9,13,15H,6,8,10H2,1H3/b9-7+/t13-/m0/s1. The first-order valence-corrected chi connectivity index (χ1v) is 7.41. The van der Waals surface area contributed by atoms with Crippen molar-refractivity contribution in [2.45, 2.75) is 19.4 Å². The van der Waals surface area contributed by atoms with Crippen LogP contribution in [0.5, 0.6) is 0 Å². The molecule has 4 nitrogen and oxygen atoms in total. The monoisotopic (exact) mass is 267 g/mol. The molecular formula is C13H17NO3S. The number of nitrogens with zero attached hydrogens (tertiary/aromatic N) is 1. The minimum Gasteiger partial charge on any atom is -0.392 e. The molecule has 0 saturated carbocycles. The molecule has 18 heavy (non-hydrogen) atoms. The molecule has 0 aromatic heterocycles. The smallest absolute Gasteiger partial charge is 0.236 e. The molecule has 1 aromatic rings. The van der Waals surface area contributed by atoms with Crippen LogP contribution in [0.15, 0.2) is 29.7 Å². The third-order valence-corrected chi connectivity index (χ3v) is 4.53. The van der Waals surface area contributed by atoms with Gasteiger partial charge in [0.25, 0.3) is 0 Å². The average Bonchev–Trinajstić information content (AvgIpc) is 2.76. The van der Waals surface area contributed by atoms with E-state index >= 15 is 0 Å². The van der Waals surface area contributed by atoms with Crippen LogP contribution in [0.2, 0.25) is 0 Å². The van der Waals surface area contributed by atoms with Gasteiger partial charge in [-0.15, -0.1) is 0 Å². The molecule has 1 aliphatic rings.